The van der Waals surface area contributed by atoms with E-state index >= 15 is 0 Å². The molecule has 0 amide bonds. The van der Waals surface area contributed by atoms with Gasteiger partial charge in [0.25, 0.3) is 0 Å². The molecule has 1 saturated carbocycles. The first-order valence-electron chi connectivity index (χ1n) is 9.86. The van der Waals surface area contributed by atoms with E-state index in [0.29, 0.717) is 16.6 Å². The van der Waals surface area contributed by atoms with Crippen LogP contribution in [-0.4, -0.2) is 40.0 Å². The van der Waals surface area contributed by atoms with Crippen LogP contribution in [0.5, 0.6) is 5.75 Å². The normalized spacial score (nSPS) is 19.6. The van der Waals surface area contributed by atoms with Crippen molar-refractivity contribution >= 4 is 57.3 Å². The summed E-state index contributed by atoms with van der Waals surface area (Å²) in [6, 6.07) is 14.0. The fourth-order valence-electron chi connectivity index (χ4n) is 3.64. The van der Waals surface area contributed by atoms with E-state index in [0.717, 1.165) is 39.5 Å². The molecule has 29 heavy (non-hydrogen) atoms. The van der Waals surface area contributed by atoms with Crippen molar-refractivity contribution in [3.05, 3.63) is 58.9 Å². The van der Waals surface area contributed by atoms with Crippen molar-refractivity contribution in [2.24, 2.45) is 0 Å². The van der Waals surface area contributed by atoms with E-state index in [2.05, 4.69) is 22.2 Å². The first-order valence-corrected chi connectivity index (χ1v) is 11.3. The molecule has 2 radical (unpaired) electrons. The molecule has 0 saturated heterocycles. The summed E-state index contributed by atoms with van der Waals surface area (Å²) in [7, 11) is 1.68. The molecule has 3 aromatic rings. The molecule has 2 unspecified atom stereocenters. The van der Waals surface area contributed by atoms with E-state index in [1.807, 2.05) is 54.6 Å². The van der Waals surface area contributed by atoms with Crippen molar-refractivity contribution in [1.82, 2.24) is 9.97 Å². The number of hydrogen-bond acceptors (Lipinski definition) is 4. The van der Waals surface area contributed by atoms with Crippen molar-refractivity contribution in [3.63, 3.8) is 0 Å². The monoisotopic (exact) mass is 467 g/mol. The average molecular weight is 468 g/mol. The second kappa shape index (κ2) is 9.19. The summed E-state index contributed by atoms with van der Waals surface area (Å²) >= 11 is 8.80. The third kappa shape index (κ3) is 4.94. The molecule has 1 aromatic heterocycles. The summed E-state index contributed by atoms with van der Waals surface area (Å²) in [5, 5.41) is 5.41. The van der Waals surface area contributed by atoms with E-state index in [-0.39, 0.29) is 0 Å². The van der Waals surface area contributed by atoms with Crippen LogP contribution in [-0.2, 0) is 0 Å². The fraction of sp³-hybridized carbons (Fsp3) is 0.304. The van der Waals surface area contributed by atoms with E-state index < -0.39 is 0 Å². The zero-order valence-electron chi connectivity index (χ0n) is 16.3. The molecule has 6 heteroatoms. The maximum atomic E-state index is 5.98. The molecule has 1 aliphatic carbocycles. The number of nitrogens with one attached hydrogen (secondary N) is 1. The zero-order chi connectivity index (χ0) is 20.2. The third-order valence-electron chi connectivity index (χ3n) is 5.27. The van der Waals surface area contributed by atoms with Crippen LogP contribution >= 0.6 is 11.6 Å². The average Bonchev–Trinajstić information content (AvgIpc) is 2.74. The number of fused-ring (bicyclic) bond motifs is 1. The van der Waals surface area contributed by atoms with Crippen LogP contribution in [0.4, 0.5) is 5.82 Å². The minimum absolute atomic E-state index is 0.404. The molecule has 1 N–H and O–H groups in total. The Morgan fingerprint density at radius 2 is 1.86 bits per heavy atom. The summed E-state index contributed by atoms with van der Waals surface area (Å²) in [4.78, 5) is 9.57. The Hall–Kier alpha value is -2.03. The summed E-state index contributed by atoms with van der Waals surface area (Å²) in [5.41, 5.74) is 1.96. The van der Waals surface area contributed by atoms with Gasteiger partial charge in [-0.1, -0.05) is 11.6 Å². The molecule has 1 aliphatic rings. The van der Waals surface area contributed by atoms with Gasteiger partial charge < -0.3 is 0 Å². The minimum atomic E-state index is 0.404. The molecule has 2 aromatic carbocycles. The molecule has 4 rings (SSSR count). The fourth-order valence-corrected chi connectivity index (χ4v) is 4.62. The van der Waals surface area contributed by atoms with E-state index in [1.165, 1.54) is 19.3 Å². The van der Waals surface area contributed by atoms with E-state index in [4.69, 9.17) is 26.3 Å². The van der Waals surface area contributed by atoms with E-state index in [9.17, 15) is 0 Å². The Morgan fingerprint density at radius 1 is 1.07 bits per heavy atom. The van der Waals surface area contributed by atoms with Gasteiger partial charge in [0.2, 0.25) is 0 Å². The van der Waals surface area contributed by atoms with Gasteiger partial charge in [-0.15, -0.1) is 0 Å². The van der Waals surface area contributed by atoms with Crippen LogP contribution in [0.1, 0.15) is 37.1 Å². The summed E-state index contributed by atoms with van der Waals surface area (Å²) in [5.74, 6) is 2.35. The van der Waals surface area contributed by atoms with Crippen LogP contribution in [0.3, 0.4) is 0 Å². The Bertz CT molecular complexity index is 1020. The number of benzene rings is 2. The van der Waals surface area contributed by atoms with Crippen LogP contribution < -0.4 is 10.1 Å². The molecular formula is C23H23AsClN3O. The molecule has 1 fully saturated rings. The first-order chi connectivity index (χ1) is 14.1. The number of hydrogen-bond donors (Lipinski definition) is 1. The number of rotatable bonds is 5. The maximum absolute atomic E-state index is 5.98. The molecule has 0 spiro atoms. The van der Waals surface area contributed by atoms with Crippen molar-refractivity contribution in [2.75, 3.05) is 12.4 Å². The van der Waals surface area contributed by atoms with Gasteiger partial charge in [-0.05, 0) is 0 Å². The van der Waals surface area contributed by atoms with Gasteiger partial charge in [-0.3, -0.25) is 0 Å². The predicted molar refractivity (Wildman–Crippen MR) is 122 cm³/mol. The number of aromatic nitrogens is 2. The summed E-state index contributed by atoms with van der Waals surface area (Å²) < 4.78 is 5.99. The number of anilines is 1. The second-order valence-corrected chi connectivity index (χ2v) is 9.13. The van der Waals surface area contributed by atoms with Crippen molar-refractivity contribution in [1.29, 1.82) is 0 Å². The van der Waals surface area contributed by atoms with Gasteiger partial charge in [0.15, 0.2) is 0 Å². The number of methoxy groups -OCH3 is 1. The van der Waals surface area contributed by atoms with E-state index in [1.54, 1.807) is 7.11 Å². The second-order valence-electron chi connectivity index (χ2n) is 7.30. The predicted octanol–water partition coefficient (Wildman–Crippen LogP) is 5.77. The zero-order valence-corrected chi connectivity index (χ0v) is 18.9. The SMILES string of the molecule is COc1ccc2nc(C=Cc3ccc(Cl)cc3)nc(NC3CCCCC3[As])c2c1. The standard InChI is InChI=1S/C23H23AsClN3O/c1-29-17-11-12-20-18(14-17)23(27-21-5-3-2-4-19(21)24)28-22(26-20)13-8-15-6-9-16(25)10-7-15/h6-14,19,21H,2-5H2,1H3,(H,26,27,28). The summed E-state index contributed by atoms with van der Waals surface area (Å²) in [6.45, 7) is 0. The third-order valence-corrected chi connectivity index (χ3v) is 6.82. The van der Waals surface area contributed by atoms with Crippen molar-refractivity contribution in [3.8, 4) is 5.75 Å². The van der Waals surface area contributed by atoms with Crippen LogP contribution in [0.15, 0.2) is 42.5 Å². The molecule has 148 valence electrons. The number of ether oxygens (including phenoxy) is 1. The van der Waals surface area contributed by atoms with Crippen molar-refractivity contribution < 1.29 is 4.74 Å². The van der Waals surface area contributed by atoms with Crippen LogP contribution in [0.25, 0.3) is 23.1 Å². The Labute approximate surface area is 185 Å². The molecule has 1 heterocycles. The number of nitrogens with zero attached hydrogens (tertiary/aromatic N) is 2. The van der Waals surface area contributed by atoms with Crippen molar-refractivity contribution in [2.45, 2.75) is 36.4 Å². The van der Waals surface area contributed by atoms with Gasteiger partial charge in [0, 0.05) is 0 Å². The topological polar surface area (TPSA) is 47.0 Å². The van der Waals surface area contributed by atoms with Crippen LogP contribution in [0, 0.1) is 0 Å². The van der Waals surface area contributed by atoms with Gasteiger partial charge >= 0.3 is 174 Å². The molecule has 0 aliphatic heterocycles. The molecule has 0 bridgehead atoms. The Balaban J connectivity index is 1.70. The molecule has 4 nitrogen and oxygen atoms in total. The van der Waals surface area contributed by atoms with Gasteiger partial charge in [-0.25, -0.2) is 0 Å². The summed E-state index contributed by atoms with van der Waals surface area (Å²) in [6.07, 6.45) is 8.88. The number of halogens is 1. The van der Waals surface area contributed by atoms with Gasteiger partial charge in [0.05, 0.1) is 0 Å². The Morgan fingerprint density at radius 3 is 2.62 bits per heavy atom. The van der Waals surface area contributed by atoms with Gasteiger partial charge in [0.1, 0.15) is 0 Å². The first kappa shape index (κ1) is 20.2. The Kier molecular flexibility index (Phi) is 6.42. The molecular weight excluding hydrogens is 445 g/mol. The quantitative estimate of drug-likeness (QED) is 0.484. The van der Waals surface area contributed by atoms with Gasteiger partial charge in [-0.2, -0.15) is 0 Å². The van der Waals surface area contributed by atoms with Crippen LogP contribution in [0.2, 0.25) is 9.73 Å². The molecule has 2 atom stereocenters.